The molecule has 2 N–H and O–H groups in total. The van der Waals surface area contributed by atoms with E-state index in [-0.39, 0.29) is 25.4 Å². The summed E-state index contributed by atoms with van der Waals surface area (Å²) < 4.78 is 5.38. The van der Waals surface area contributed by atoms with Crippen LogP contribution in [-0.4, -0.2) is 61.5 Å². The molecule has 0 aromatic heterocycles. The third-order valence-corrected chi connectivity index (χ3v) is 6.41. The molecule has 0 bridgehead atoms. The second-order valence-corrected chi connectivity index (χ2v) is 8.84. The number of morpholine rings is 1. The highest BCUT2D eigenvalue weighted by Gasteiger charge is 2.14. The Balaban J connectivity index is 1.21. The van der Waals surface area contributed by atoms with Gasteiger partial charge in [0.25, 0.3) is 5.91 Å². The first-order chi connectivity index (χ1) is 17.5. The van der Waals surface area contributed by atoms with Crippen molar-refractivity contribution in [1.29, 1.82) is 0 Å². The number of hydrogen-bond donors (Lipinski definition) is 2. The molecule has 1 aliphatic heterocycles. The van der Waals surface area contributed by atoms with Gasteiger partial charge >= 0.3 is 0 Å². The van der Waals surface area contributed by atoms with E-state index in [9.17, 15) is 14.8 Å². The van der Waals surface area contributed by atoms with Gasteiger partial charge < -0.3 is 15.0 Å². The van der Waals surface area contributed by atoms with E-state index in [1.54, 1.807) is 12.1 Å². The van der Waals surface area contributed by atoms with Crippen LogP contribution in [-0.2, 0) is 22.4 Å². The van der Waals surface area contributed by atoms with Gasteiger partial charge in [0.05, 0.1) is 26.2 Å². The van der Waals surface area contributed by atoms with Crippen molar-refractivity contribution < 1.29 is 19.5 Å². The molecule has 1 saturated heterocycles. The number of carbonyl (C=O) groups excluding carboxylic acids is 2. The lowest BCUT2D eigenvalue weighted by molar-refractivity contribution is -0.164. The molecule has 188 valence electrons. The van der Waals surface area contributed by atoms with Crippen LogP contribution in [0.5, 0.6) is 0 Å². The second kappa shape index (κ2) is 12.3. The van der Waals surface area contributed by atoms with E-state index in [4.69, 9.17) is 4.74 Å². The van der Waals surface area contributed by atoms with Crippen LogP contribution in [0.25, 0.3) is 11.1 Å². The van der Waals surface area contributed by atoms with E-state index in [0.717, 1.165) is 55.1 Å². The number of hydrogen-bond acceptors (Lipinski definition) is 5. The summed E-state index contributed by atoms with van der Waals surface area (Å²) in [4.78, 5) is 27.1. The summed E-state index contributed by atoms with van der Waals surface area (Å²) in [6, 6.07) is 23.6. The Kier molecular flexibility index (Phi) is 8.71. The van der Waals surface area contributed by atoms with E-state index in [0.29, 0.717) is 10.6 Å². The van der Waals surface area contributed by atoms with Gasteiger partial charge in [0, 0.05) is 30.9 Å². The molecule has 1 heterocycles. The van der Waals surface area contributed by atoms with Gasteiger partial charge in [-0.3, -0.25) is 14.8 Å². The molecule has 0 spiro atoms. The Morgan fingerprint density at radius 2 is 1.47 bits per heavy atom. The molecular formula is C29H33N3O4. The number of benzene rings is 3. The predicted molar refractivity (Wildman–Crippen MR) is 140 cm³/mol. The number of aryl methyl sites for hydroxylation is 1. The van der Waals surface area contributed by atoms with Crippen LogP contribution in [0.1, 0.15) is 28.4 Å². The Labute approximate surface area is 212 Å². The van der Waals surface area contributed by atoms with E-state index in [1.807, 2.05) is 36.4 Å². The number of anilines is 1. The molecule has 3 aromatic rings. The summed E-state index contributed by atoms with van der Waals surface area (Å²) in [5.41, 5.74) is 5.88. The van der Waals surface area contributed by atoms with Gasteiger partial charge in [-0.05, 0) is 52.9 Å². The number of ether oxygens (including phenoxy) is 1. The highest BCUT2D eigenvalue weighted by molar-refractivity contribution is 5.94. The minimum Gasteiger partial charge on any atom is -0.378 e. The molecule has 1 fully saturated rings. The SMILES string of the molecule is CCc1ccc(-c2ccc(C(=O)NCCN(O)C(=O)Cc3ccc(N4CCOCC4)cc3)cc2)cc1. The normalized spacial score (nSPS) is 13.3. The fourth-order valence-electron chi connectivity index (χ4n) is 4.16. The lowest BCUT2D eigenvalue weighted by Gasteiger charge is -2.28. The second-order valence-electron chi connectivity index (χ2n) is 8.84. The fourth-order valence-corrected chi connectivity index (χ4v) is 4.16. The molecule has 0 atom stereocenters. The van der Waals surface area contributed by atoms with Crippen molar-refractivity contribution in [3.05, 3.63) is 89.5 Å². The van der Waals surface area contributed by atoms with Crippen LogP contribution in [0, 0.1) is 0 Å². The first kappa shape index (κ1) is 25.4. The van der Waals surface area contributed by atoms with Crippen molar-refractivity contribution in [1.82, 2.24) is 10.4 Å². The van der Waals surface area contributed by atoms with Crippen molar-refractivity contribution >= 4 is 17.5 Å². The zero-order chi connectivity index (χ0) is 25.3. The first-order valence-corrected chi connectivity index (χ1v) is 12.4. The summed E-state index contributed by atoms with van der Waals surface area (Å²) in [6.45, 7) is 5.43. The zero-order valence-electron chi connectivity index (χ0n) is 20.7. The molecule has 0 saturated carbocycles. The number of hydroxylamine groups is 2. The molecular weight excluding hydrogens is 454 g/mol. The van der Waals surface area contributed by atoms with Crippen molar-refractivity contribution in [3.63, 3.8) is 0 Å². The van der Waals surface area contributed by atoms with Gasteiger partial charge in [0.15, 0.2) is 0 Å². The highest BCUT2D eigenvalue weighted by atomic mass is 16.5. The molecule has 0 radical (unpaired) electrons. The molecule has 7 heteroatoms. The van der Waals surface area contributed by atoms with E-state index in [2.05, 4.69) is 41.4 Å². The van der Waals surface area contributed by atoms with Gasteiger partial charge in [0.2, 0.25) is 5.91 Å². The van der Waals surface area contributed by atoms with Crippen LogP contribution >= 0.6 is 0 Å². The van der Waals surface area contributed by atoms with E-state index < -0.39 is 5.91 Å². The monoisotopic (exact) mass is 487 g/mol. The molecule has 4 rings (SSSR count). The molecule has 0 aliphatic carbocycles. The topological polar surface area (TPSA) is 82.1 Å². The van der Waals surface area contributed by atoms with Crippen molar-refractivity contribution in [2.45, 2.75) is 19.8 Å². The van der Waals surface area contributed by atoms with Crippen molar-refractivity contribution in [2.75, 3.05) is 44.3 Å². The maximum Gasteiger partial charge on any atom is 0.251 e. The Morgan fingerprint density at radius 3 is 2.08 bits per heavy atom. The third-order valence-electron chi connectivity index (χ3n) is 6.41. The third kappa shape index (κ3) is 6.71. The molecule has 1 aliphatic rings. The van der Waals surface area contributed by atoms with Crippen LogP contribution in [0.3, 0.4) is 0 Å². The predicted octanol–water partition coefficient (Wildman–Crippen LogP) is 3.94. The van der Waals surface area contributed by atoms with Gasteiger partial charge in [-0.1, -0.05) is 55.5 Å². The van der Waals surface area contributed by atoms with Crippen LogP contribution in [0.15, 0.2) is 72.8 Å². The fraction of sp³-hybridized carbons (Fsp3) is 0.310. The van der Waals surface area contributed by atoms with Crippen LogP contribution < -0.4 is 10.2 Å². The molecule has 2 amide bonds. The minimum atomic E-state index is -0.415. The number of rotatable bonds is 9. The van der Waals surface area contributed by atoms with Crippen LogP contribution in [0.2, 0.25) is 0 Å². The van der Waals surface area contributed by atoms with Gasteiger partial charge in [-0.15, -0.1) is 0 Å². The number of carbonyl (C=O) groups is 2. The standard InChI is InChI=1S/C29H33N3O4/c1-2-22-3-7-24(8-4-22)25-9-11-26(12-10-25)29(34)30-15-16-32(35)28(33)21-23-5-13-27(14-6-23)31-17-19-36-20-18-31/h3-14,35H,2,15-21H2,1H3,(H,30,34). The van der Waals surface area contributed by atoms with Gasteiger partial charge in [-0.25, -0.2) is 5.06 Å². The maximum absolute atomic E-state index is 12.5. The molecule has 0 unspecified atom stereocenters. The highest BCUT2D eigenvalue weighted by Crippen LogP contribution is 2.21. The average Bonchev–Trinajstić information content (AvgIpc) is 2.94. The van der Waals surface area contributed by atoms with Crippen molar-refractivity contribution in [2.24, 2.45) is 0 Å². The smallest absolute Gasteiger partial charge is 0.251 e. The van der Waals surface area contributed by atoms with E-state index in [1.165, 1.54) is 5.56 Å². The summed E-state index contributed by atoms with van der Waals surface area (Å²) in [7, 11) is 0. The lowest BCUT2D eigenvalue weighted by atomic mass is 10.0. The quantitative estimate of drug-likeness (QED) is 0.353. The molecule has 3 aromatic carbocycles. The Bertz CT molecular complexity index is 1140. The zero-order valence-corrected chi connectivity index (χ0v) is 20.7. The number of amides is 2. The lowest BCUT2D eigenvalue weighted by Crippen LogP contribution is -2.37. The van der Waals surface area contributed by atoms with E-state index >= 15 is 0 Å². The minimum absolute atomic E-state index is 0.0122. The summed E-state index contributed by atoms with van der Waals surface area (Å²) in [5.74, 6) is -0.663. The Morgan fingerprint density at radius 1 is 0.889 bits per heavy atom. The summed E-state index contributed by atoms with van der Waals surface area (Å²) in [5, 5.41) is 13.6. The van der Waals surface area contributed by atoms with Crippen LogP contribution in [0.4, 0.5) is 5.69 Å². The number of nitrogens with one attached hydrogen (secondary N) is 1. The molecule has 7 nitrogen and oxygen atoms in total. The largest absolute Gasteiger partial charge is 0.378 e. The van der Waals surface area contributed by atoms with Crippen molar-refractivity contribution in [3.8, 4) is 11.1 Å². The summed E-state index contributed by atoms with van der Waals surface area (Å²) in [6.07, 6.45) is 1.09. The summed E-state index contributed by atoms with van der Waals surface area (Å²) >= 11 is 0. The average molecular weight is 488 g/mol. The Hall–Kier alpha value is -3.68. The maximum atomic E-state index is 12.5. The van der Waals surface area contributed by atoms with Gasteiger partial charge in [0.1, 0.15) is 0 Å². The number of nitrogens with zero attached hydrogens (tertiary/aromatic N) is 2. The van der Waals surface area contributed by atoms with Gasteiger partial charge in [-0.2, -0.15) is 0 Å². The first-order valence-electron chi connectivity index (χ1n) is 12.4. The molecule has 36 heavy (non-hydrogen) atoms.